The summed E-state index contributed by atoms with van der Waals surface area (Å²) in [6.07, 6.45) is 0. The normalized spacial score (nSPS) is 18.1. The highest BCUT2D eigenvalue weighted by molar-refractivity contribution is 8.19. The molecule has 2 aliphatic rings. The molecule has 0 saturated carbocycles. The summed E-state index contributed by atoms with van der Waals surface area (Å²) in [5.41, 5.74) is 2.03. The second-order valence-electron chi connectivity index (χ2n) is 6.47. The van der Waals surface area contributed by atoms with Crippen molar-refractivity contribution < 1.29 is 14.4 Å². The SMILES string of the molecule is O=C1ON=C(c2ccccc2)C1=C1SC(C(=O)c2cccs2)=NN1c1ccc(Cl)cc1. The number of ketones is 1. The molecule has 2 aliphatic heterocycles. The zero-order valence-corrected chi connectivity index (χ0v) is 18.1. The highest BCUT2D eigenvalue weighted by Crippen LogP contribution is 2.40. The molecule has 0 radical (unpaired) electrons. The van der Waals surface area contributed by atoms with Gasteiger partial charge < -0.3 is 4.84 Å². The number of hydrogen-bond acceptors (Lipinski definition) is 8. The van der Waals surface area contributed by atoms with E-state index in [4.69, 9.17) is 16.4 Å². The molecule has 152 valence electrons. The van der Waals surface area contributed by atoms with Gasteiger partial charge in [0.1, 0.15) is 16.3 Å². The van der Waals surface area contributed by atoms with Crippen molar-refractivity contribution in [1.29, 1.82) is 0 Å². The number of nitrogens with zero attached hydrogens (tertiary/aromatic N) is 3. The van der Waals surface area contributed by atoms with Crippen LogP contribution in [0.3, 0.4) is 0 Å². The minimum absolute atomic E-state index is 0.209. The fourth-order valence-electron chi connectivity index (χ4n) is 3.07. The number of hydrazone groups is 1. The lowest BCUT2D eigenvalue weighted by Gasteiger charge is -2.17. The summed E-state index contributed by atoms with van der Waals surface area (Å²) in [5.74, 6) is -0.806. The molecule has 0 N–H and O–H groups in total. The van der Waals surface area contributed by atoms with Crippen molar-refractivity contribution in [1.82, 2.24) is 0 Å². The van der Waals surface area contributed by atoms with Crippen LogP contribution >= 0.6 is 34.7 Å². The van der Waals surface area contributed by atoms with E-state index < -0.39 is 5.97 Å². The lowest BCUT2D eigenvalue weighted by atomic mass is 10.0. The summed E-state index contributed by atoms with van der Waals surface area (Å²) in [6, 6.07) is 19.8. The first-order valence-corrected chi connectivity index (χ1v) is 11.2. The van der Waals surface area contributed by atoms with Crippen LogP contribution in [0.25, 0.3) is 0 Å². The first-order valence-electron chi connectivity index (χ1n) is 9.11. The number of rotatable bonds is 4. The molecule has 0 amide bonds. The summed E-state index contributed by atoms with van der Waals surface area (Å²) in [5, 5.41) is 13.2. The second-order valence-corrected chi connectivity index (χ2v) is 8.83. The Balaban J connectivity index is 1.63. The van der Waals surface area contributed by atoms with E-state index in [1.54, 1.807) is 35.3 Å². The first-order chi connectivity index (χ1) is 15.1. The van der Waals surface area contributed by atoms with E-state index in [1.807, 2.05) is 41.8 Å². The summed E-state index contributed by atoms with van der Waals surface area (Å²) >= 11 is 8.50. The Bertz CT molecular complexity index is 1270. The number of thioether (sulfide) groups is 1. The van der Waals surface area contributed by atoms with Gasteiger partial charge in [0.25, 0.3) is 0 Å². The van der Waals surface area contributed by atoms with Crippen molar-refractivity contribution in [2.45, 2.75) is 0 Å². The zero-order chi connectivity index (χ0) is 21.4. The molecule has 3 aromatic rings. The minimum Gasteiger partial charge on any atom is -0.312 e. The second kappa shape index (κ2) is 8.14. The Morgan fingerprint density at radius 2 is 1.77 bits per heavy atom. The maximum absolute atomic E-state index is 13.0. The van der Waals surface area contributed by atoms with Crippen molar-refractivity contribution in [2.75, 3.05) is 5.01 Å². The van der Waals surface area contributed by atoms with Gasteiger partial charge in [0.2, 0.25) is 5.78 Å². The number of halogens is 1. The highest BCUT2D eigenvalue weighted by atomic mass is 35.5. The topological polar surface area (TPSA) is 71.3 Å². The molecule has 5 rings (SSSR count). The van der Waals surface area contributed by atoms with Gasteiger partial charge in [-0.1, -0.05) is 53.2 Å². The Labute approximate surface area is 190 Å². The van der Waals surface area contributed by atoms with Crippen LogP contribution in [-0.4, -0.2) is 22.5 Å². The van der Waals surface area contributed by atoms with Crippen LogP contribution in [0.15, 0.2) is 93.0 Å². The molecule has 0 unspecified atom stereocenters. The lowest BCUT2D eigenvalue weighted by molar-refractivity contribution is -0.136. The number of thiophene rings is 1. The first kappa shape index (κ1) is 19.7. The molecule has 0 aliphatic carbocycles. The van der Waals surface area contributed by atoms with Crippen molar-refractivity contribution in [2.24, 2.45) is 10.3 Å². The lowest BCUT2D eigenvalue weighted by Crippen LogP contribution is -2.18. The van der Waals surface area contributed by atoms with Crippen LogP contribution in [0, 0.1) is 0 Å². The standard InChI is InChI=1S/C22H12ClN3O3S2/c23-14-8-10-15(11-9-14)26-21(31-20(24-26)19(27)16-7-4-12-30-16)17-18(25-29-22(17)28)13-5-2-1-3-6-13/h1-12H. The molecule has 0 bridgehead atoms. The van der Waals surface area contributed by atoms with E-state index in [0.717, 1.165) is 17.3 Å². The van der Waals surface area contributed by atoms with Gasteiger partial charge in [0.15, 0.2) is 5.04 Å². The molecule has 6 nitrogen and oxygen atoms in total. The monoisotopic (exact) mass is 465 g/mol. The van der Waals surface area contributed by atoms with E-state index in [2.05, 4.69) is 10.3 Å². The summed E-state index contributed by atoms with van der Waals surface area (Å²) < 4.78 is 0. The van der Waals surface area contributed by atoms with E-state index >= 15 is 0 Å². The number of oxime groups is 1. The molecule has 3 heterocycles. The van der Waals surface area contributed by atoms with Crippen molar-refractivity contribution in [3.8, 4) is 0 Å². The Morgan fingerprint density at radius 3 is 2.48 bits per heavy atom. The number of carbonyl (C=O) groups is 2. The number of hydrogen-bond donors (Lipinski definition) is 0. The molecule has 9 heteroatoms. The molecule has 2 aromatic carbocycles. The molecule has 0 saturated heterocycles. The molecule has 1 aromatic heterocycles. The third-order valence-electron chi connectivity index (χ3n) is 4.51. The van der Waals surface area contributed by atoms with Crippen LogP contribution in [0.4, 0.5) is 5.69 Å². The van der Waals surface area contributed by atoms with Gasteiger partial charge in [-0.25, -0.2) is 9.80 Å². The van der Waals surface area contributed by atoms with Crippen molar-refractivity contribution in [3.63, 3.8) is 0 Å². The summed E-state index contributed by atoms with van der Waals surface area (Å²) in [7, 11) is 0. The third kappa shape index (κ3) is 3.69. The fraction of sp³-hybridized carbons (Fsp3) is 0. The molecule has 0 atom stereocenters. The Hall–Kier alpha value is -3.20. The summed E-state index contributed by atoms with van der Waals surface area (Å²) in [4.78, 5) is 31.2. The van der Waals surface area contributed by atoms with Gasteiger partial charge in [0, 0.05) is 10.6 Å². The number of benzene rings is 2. The van der Waals surface area contributed by atoms with Crippen molar-refractivity contribution >= 4 is 62.9 Å². The van der Waals surface area contributed by atoms with Gasteiger partial charge in [-0.2, -0.15) is 5.10 Å². The van der Waals surface area contributed by atoms with E-state index in [9.17, 15) is 9.59 Å². The number of Topliss-reactive ketones (excluding diaryl/α,β-unsaturated/α-hetero) is 1. The van der Waals surface area contributed by atoms with E-state index in [0.29, 0.717) is 26.3 Å². The Kier molecular flexibility index (Phi) is 5.19. The molecule has 0 fully saturated rings. The largest absolute Gasteiger partial charge is 0.370 e. The Morgan fingerprint density at radius 1 is 1.00 bits per heavy atom. The van der Waals surface area contributed by atoms with Crippen LogP contribution in [0.2, 0.25) is 5.02 Å². The number of anilines is 1. The predicted molar refractivity (Wildman–Crippen MR) is 124 cm³/mol. The third-order valence-corrected chi connectivity index (χ3v) is 6.66. The van der Waals surface area contributed by atoms with Crippen LogP contribution in [0.5, 0.6) is 0 Å². The van der Waals surface area contributed by atoms with Crippen molar-refractivity contribution in [3.05, 3.63) is 98.2 Å². The average Bonchev–Trinajstić information content (AvgIpc) is 3.54. The van der Waals surface area contributed by atoms with Gasteiger partial charge >= 0.3 is 5.97 Å². The van der Waals surface area contributed by atoms with Crippen LogP contribution in [-0.2, 0) is 9.63 Å². The predicted octanol–water partition coefficient (Wildman–Crippen LogP) is 5.32. The zero-order valence-electron chi connectivity index (χ0n) is 15.7. The van der Waals surface area contributed by atoms with Crippen LogP contribution in [0.1, 0.15) is 15.2 Å². The molecular formula is C22H12ClN3O3S2. The quantitative estimate of drug-likeness (QED) is 0.296. The van der Waals surface area contributed by atoms with Crippen LogP contribution < -0.4 is 5.01 Å². The number of carbonyl (C=O) groups excluding carboxylic acids is 2. The minimum atomic E-state index is -0.597. The van der Waals surface area contributed by atoms with Gasteiger partial charge in [-0.3, -0.25) is 4.79 Å². The highest BCUT2D eigenvalue weighted by Gasteiger charge is 2.38. The maximum atomic E-state index is 13.0. The molecule has 0 spiro atoms. The molecular weight excluding hydrogens is 454 g/mol. The van der Waals surface area contributed by atoms with Gasteiger partial charge in [0.05, 0.1) is 10.6 Å². The fourth-order valence-corrected chi connectivity index (χ4v) is 4.95. The molecule has 31 heavy (non-hydrogen) atoms. The average molecular weight is 466 g/mol. The summed E-state index contributed by atoms with van der Waals surface area (Å²) in [6.45, 7) is 0. The van der Waals surface area contributed by atoms with Gasteiger partial charge in [-0.05, 0) is 47.5 Å². The van der Waals surface area contributed by atoms with Gasteiger partial charge in [-0.15, -0.1) is 11.3 Å². The smallest absolute Gasteiger partial charge is 0.312 e. The van der Waals surface area contributed by atoms with E-state index in [-0.39, 0.29) is 16.4 Å². The van der Waals surface area contributed by atoms with E-state index in [1.165, 1.54) is 11.3 Å². The maximum Gasteiger partial charge on any atom is 0.370 e.